The zero-order chi connectivity index (χ0) is 15.0. The molecule has 0 unspecified atom stereocenters. The van der Waals surface area contributed by atoms with Gasteiger partial charge in [-0.05, 0) is 38.1 Å². The van der Waals surface area contributed by atoms with Crippen molar-refractivity contribution in [1.29, 1.82) is 0 Å². The van der Waals surface area contributed by atoms with Crippen LogP contribution in [0.5, 0.6) is 0 Å². The van der Waals surface area contributed by atoms with Gasteiger partial charge in [-0.3, -0.25) is 9.59 Å². The number of nitrogens with zero attached hydrogens (tertiary/aromatic N) is 1. The minimum atomic E-state index is -0.687. The molecule has 4 rings (SSSR count). The van der Waals surface area contributed by atoms with Crippen molar-refractivity contribution in [1.82, 2.24) is 0 Å². The predicted molar refractivity (Wildman–Crippen MR) is 78.0 cm³/mol. The molecular formula is C16H14ClNO3. The first-order valence-corrected chi connectivity index (χ1v) is 7.27. The number of hydrogen-bond donors (Lipinski definition) is 0. The Morgan fingerprint density at radius 2 is 1.48 bits per heavy atom. The first kappa shape index (κ1) is 13.0. The summed E-state index contributed by atoms with van der Waals surface area (Å²) in [7, 11) is 0. The number of amides is 2. The fraction of sp³-hybridized carbons (Fsp3) is 0.375. The third-order valence-corrected chi connectivity index (χ3v) is 5.06. The molecule has 1 aromatic rings. The largest absolute Gasteiger partial charge is 0.359 e. The summed E-state index contributed by atoms with van der Waals surface area (Å²) < 4.78 is 5.96. The lowest BCUT2D eigenvalue weighted by molar-refractivity contribution is -0.128. The standard InChI is InChI=1S/C16H14ClNO3/c1-15-7-8-16(2,21-15)12-11(15)13(19)18(14(12)20)10-5-3-9(17)4-6-10/h3-8,11-12H,1-2H3/t11-,12-,15-,16+/m0/s1. The van der Waals surface area contributed by atoms with Crippen molar-refractivity contribution in [2.45, 2.75) is 25.0 Å². The van der Waals surface area contributed by atoms with Crippen LogP contribution >= 0.6 is 11.6 Å². The van der Waals surface area contributed by atoms with Crippen LogP contribution in [-0.2, 0) is 14.3 Å². The minimum absolute atomic E-state index is 0.192. The molecule has 5 heteroatoms. The summed E-state index contributed by atoms with van der Waals surface area (Å²) in [5.41, 5.74) is -0.809. The van der Waals surface area contributed by atoms with Crippen molar-refractivity contribution >= 4 is 29.1 Å². The summed E-state index contributed by atoms with van der Waals surface area (Å²) in [6.07, 6.45) is 3.81. The molecule has 2 saturated heterocycles. The molecule has 0 radical (unpaired) electrons. The summed E-state index contributed by atoms with van der Waals surface area (Å²) in [6, 6.07) is 6.75. The van der Waals surface area contributed by atoms with Gasteiger partial charge in [0.1, 0.15) is 0 Å². The SMILES string of the molecule is C[C@]12C=C[C@](C)(O1)[C@@H]1C(=O)N(c3ccc(Cl)cc3)C(=O)[C@H]12. The van der Waals surface area contributed by atoms with Crippen molar-refractivity contribution in [2.24, 2.45) is 11.8 Å². The second-order valence-electron chi connectivity index (χ2n) is 6.25. The Labute approximate surface area is 127 Å². The molecule has 0 aliphatic carbocycles. The highest BCUT2D eigenvalue weighted by molar-refractivity contribution is 6.31. The average molecular weight is 304 g/mol. The number of hydrogen-bond acceptors (Lipinski definition) is 3. The maximum Gasteiger partial charge on any atom is 0.241 e. The molecule has 108 valence electrons. The predicted octanol–water partition coefficient (Wildman–Crippen LogP) is 2.56. The Hall–Kier alpha value is -1.65. The topological polar surface area (TPSA) is 46.6 Å². The van der Waals surface area contributed by atoms with Gasteiger partial charge in [0, 0.05) is 5.02 Å². The van der Waals surface area contributed by atoms with Gasteiger partial charge in [0.25, 0.3) is 0 Å². The number of carbonyl (C=O) groups excluding carboxylic acids is 2. The van der Waals surface area contributed by atoms with Crippen LogP contribution in [0.25, 0.3) is 0 Å². The molecule has 4 nitrogen and oxygen atoms in total. The van der Waals surface area contributed by atoms with E-state index in [-0.39, 0.29) is 11.8 Å². The van der Waals surface area contributed by atoms with E-state index in [1.54, 1.807) is 24.3 Å². The summed E-state index contributed by atoms with van der Waals surface area (Å²) in [5.74, 6) is -1.28. The first-order valence-electron chi connectivity index (χ1n) is 6.90. The molecule has 0 aromatic heterocycles. The van der Waals surface area contributed by atoms with Crippen molar-refractivity contribution in [2.75, 3.05) is 4.90 Å². The molecule has 21 heavy (non-hydrogen) atoms. The van der Waals surface area contributed by atoms with Crippen LogP contribution in [0, 0.1) is 11.8 Å². The number of fused-ring (bicyclic) bond motifs is 5. The molecule has 4 atom stereocenters. The average Bonchev–Trinajstić information content (AvgIpc) is 2.97. The first-order chi connectivity index (χ1) is 9.86. The second-order valence-corrected chi connectivity index (χ2v) is 6.68. The van der Waals surface area contributed by atoms with Crippen molar-refractivity contribution in [3.8, 4) is 0 Å². The molecule has 3 aliphatic heterocycles. The van der Waals surface area contributed by atoms with E-state index in [1.807, 2.05) is 26.0 Å². The molecule has 2 bridgehead atoms. The molecule has 0 saturated carbocycles. The van der Waals surface area contributed by atoms with E-state index in [9.17, 15) is 9.59 Å². The van der Waals surface area contributed by atoms with E-state index < -0.39 is 23.0 Å². The third-order valence-electron chi connectivity index (χ3n) is 4.81. The van der Waals surface area contributed by atoms with Gasteiger partial charge in [-0.2, -0.15) is 0 Å². The smallest absolute Gasteiger partial charge is 0.241 e. The van der Waals surface area contributed by atoms with E-state index >= 15 is 0 Å². The number of imide groups is 1. The fourth-order valence-corrected chi connectivity index (χ4v) is 4.00. The summed E-state index contributed by atoms with van der Waals surface area (Å²) in [5, 5.41) is 0.571. The second kappa shape index (κ2) is 3.76. The van der Waals surface area contributed by atoms with Crippen LogP contribution < -0.4 is 4.90 Å². The molecule has 0 N–H and O–H groups in total. The number of halogens is 1. The van der Waals surface area contributed by atoms with Crippen molar-refractivity contribution in [3.63, 3.8) is 0 Å². The third kappa shape index (κ3) is 1.49. The molecule has 3 heterocycles. The molecule has 3 aliphatic rings. The number of rotatable bonds is 1. The van der Waals surface area contributed by atoms with Crippen LogP contribution in [0.3, 0.4) is 0 Å². The highest BCUT2D eigenvalue weighted by atomic mass is 35.5. The van der Waals surface area contributed by atoms with Crippen molar-refractivity contribution < 1.29 is 14.3 Å². The quantitative estimate of drug-likeness (QED) is 0.592. The normalized spacial score (nSPS) is 40.2. The van der Waals surface area contributed by atoms with E-state index in [0.717, 1.165) is 0 Å². The van der Waals surface area contributed by atoms with Crippen LogP contribution in [0.15, 0.2) is 36.4 Å². The van der Waals surface area contributed by atoms with Crippen LogP contribution in [-0.4, -0.2) is 23.0 Å². The summed E-state index contributed by atoms with van der Waals surface area (Å²) in [4.78, 5) is 26.8. The molecule has 0 spiro atoms. The zero-order valence-corrected chi connectivity index (χ0v) is 12.4. The maximum absolute atomic E-state index is 12.8. The highest BCUT2D eigenvalue weighted by Gasteiger charge is 2.70. The van der Waals surface area contributed by atoms with Crippen LogP contribution in [0.4, 0.5) is 5.69 Å². The zero-order valence-electron chi connectivity index (χ0n) is 11.7. The number of anilines is 1. The van der Waals surface area contributed by atoms with Gasteiger partial charge in [-0.15, -0.1) is 0 Å². The monoisotopic (exact) mass is 303 g/mol. The molecule has 2 amide bonds. The Morgan fingerprint density at radius 3 is 1.95 bits per heavy atom. The molecular weight excluding hydrogens is 290 g/mol. The van der Waals surface area contributed by atoms with Gasteiger partial charge < -0.3 is 4.74 Å². The lowest BCUT2D eigenvalue weighted by Crippen LogP contribution is -2.39. The maximum atomic E-state index is 12.8. The van der Waals surface area contributed by atoms with Crippen LogP contribution in [0.1, 0.15) is 13.8 Å². The Balaban J connectivity index is 1.80. The lowest BCUT2D eigenvalue weighted by atomic mass is 9.73. The van der Waals surface area contributed by atoms with E-state index in [0.29, 0.717) is 10.7 Å². The number of carbonyl (C=O) groups is 2. The van der Waals surface area contributed by atoms with Gasteiger partial charge in [0.2, 0.25) is 11.8 Å². The van der Waals surface area contributed by atoms with Gasteiger partial charge in [0.15, 0.2) is 0 Å². The summed E-state index contributed by atoms with van der Waals surface area (Å²) in [6.45, 7) is 3.74. The van der Waals surface area contributed by atoms with Gasteiger partial charge in [-0.25, -0.2) is 4.90 Å². The highest BCUT2D eigenvalue weighted by Crippen LogP contribution is 2.57. The summed E-state index contributed by atoms with van der Waals surface area (Å²) >= 11 is 5.87. The Kier molecular flexibility index (Phi) is 2.33. The van der Waals surface area contributed by atoms with Crippen LogP contribution in [0.2, 0.25) is 5.02 Å². The van der Waals surface area contributed by atoms with E-state index in [2.05, 4.69) is 0 Å². The fourth-order valence-electron chi connectivity index (χ4n) is 3.88. The van der Waals surface area contributed by atoms with E-state index in [4.69, 9.17) is 16.3 Å². The number of benzene rings is 1. The van der Waals surface area contributed by atoms with Gasteiger partial charge >= 0.3 is 0 Å². The Morgan fingerprint density at radius 1 is 1.00 bits per heavy atom. The van der Waals surface area contributed by atoms with Gasteiger partial charge in [-0.1, -0.05) is 23.8 Å². The van der Waals surface area contributed by atoms with E-state index in [1.165, 1.54) is 4.90 Å². The molecule has 1 aromatic carbocycles. The number of ether oxygens (including phenoxy) is 1. The van der Waals surface area contributed by atoms with Crippen molar-refractivity contribution in [3.05, 3.63) is 41.4 Å². The lowest BCUT2D eigenvalue weighted by Gasteiger charge is -2.25. The van der Waals surface area contributed by atoms with Gasteiger partial charge in [0.05, 0.1) is 28.7 Å². The Bertz CT molecular complexity index is 662. The molecule has 2 fully saturated rings. The minimum Gasteiger partial charge on any atom is -0.359 e.